The van der Waals surface area contributed by atoms with E-state index in [1.54, 1.807) is 24.3 Å². The summed E-state index contributed by atoms with van der Waals surface area (Å²) in [5, 5.41) is 0.612. The van der Waals surface area contributed by atoms with E-state index in [1.165, 1.54) is 6.07 Å². The Morgan fingerprint density at radius 1 is 1.33 bits per heavy atom. The van der Waals surface area contributed by atoms with Crippen LogP contribution in [-0.2, 0) is 0 Å². The highest BCUT2D eigenvalue weighted by Crippen LogP contribution is 2.23. The number of hydrogen-bond donors (Lipinski definition) is 0. The molecule has 0 unspecified atom stereocenters. The monoisotopic (exact) mass is 246 g/mol. The van der Waals surface area contributed by atoms with E-state index in [9.17, 15) is 9.18 Å². The Labute approximate surface area is 105 Å². The van der Waals surface area contributed by atoms with E-state index in [0.29, 0.717) is 5.39 Å². The van der Waals surface area contributed by atoms with Crippen molar-refractivity contribution >= 4 is 16.8 Å². The molecule has 0 radical (unpaired) electrons. The Bertz CT molecular complexity index is 602. The molecule has 0 saturated carbocycles. The maximum Gasteiger partial charge on any atom is 0.220 e. The van der Waals surface area contributed by atoms with E-state index >= 15 is 0 Å². The number of furan rings is 1. The Morgan fingerprint density at radius 3 is 2.67 bits per heavy atom. The fraction of sp³-hybridized carbons (Fsp3) is 0.267. The van der Waals surface area contributed by atoms with Gasteiger partial charge in [-0.05, 0) is 31.1 Å². The number of hydrogen-bond acceptors (Lipinski definition) is 2. The van der Waals surface area contributed by atoms with Crippen molar-refractivity contribution in [3.8, 4) is 0 Å². The molecule has 0 fully saturated rings. The first kappa shape index (κ1) is 12.6. The molecule has 0 saturated heterocycles. The van der Waals surface area contributed by atoms with Crippen LogP contribution < -0.4 is 0 Å². The summed E-state index contributed by atoms with van der Waals surface area (Å²) >= 11 is 0. The summed E-state index contributed by atoms with van der Waals surface area (Å²) in [6.07, 6.45) is 3.24. The molecule has 94 valence electrons. The van der Waals surface area contributed by atoms with Crippen LogP contribution in [0.5, 0.6) is 0 Å². The van der Waals surface area contributed by atoms with Gasteiger partial charge in [-0.25, -0.2) is 4.39 Å². The van der Waals surface area contributed by atoms with Crippen LogP contribution in [0.4, 0.5) is 4.39 Å². The molecule has 18 heavy (non-hydrogen) atoms. The second-order valence-electron chi connectivity index (χ2n) is 4.14. The molecular weight excluding hydrogens is 231 g/mol. The molecule has 0 bridgehead atoms. The van der Waals surface area contributed by atoms with Gasteiger partial charge < -0.3 is 4.42 Å². The zero-order valence-electron chi connectivity index (χ0n) is 10.5. The van der Waals surface area contributed by atoms with Crippen molar-refractivity contribution in [2.45, 2.75) is 26.7 Å². The molecule has 0 spiro atoms. The number of benzene rings is 1. The molecule has 1 aromatic carbocycles. The molecule has 0 atom stereocenters. The highest BCUT2D eigenvalue weighted by molar-refractivity contribution is 6.05. The van der Waals surface area contributed by atoms with Gasteiger partial charge in [0.15, 0.2) is 17.2 Å². The van der Waals surface area contributed by atoms with Crippen molar-refractivity contribution in [3.63, 3.8) is 0 Å². The molecule has 1 aromatic heterocycles. The highest BCUT2D eigenvalue weighted by atomic mass is 19.1. The standard InChI is InChI=1S/C15H15FO2/c1-3-10(4-2)8-13(17)14-9-11-6-5-7-12(16)15(11)18-14/h5-9H,3-4H2,1-2H3. The van der Waals surface area contributed by atoms with Gasteiger partial charge in [0.05, 0.1) is 0 Å². The molecular formula is C15H15FO2. The fourth-order valence-corrected chi connectivity index (χ4v) is 1.86. The number of allylic oxidation sites excluding steroid dienone is 2. The van der Waals surface area contributed by atoms with E-state index in [2.05, 4.69) is 0 Å². The fourth-order valence-electron chi connectivity index (χ4n) is 1.86. The van der Waals surface area contributed by atoms with Crippen molar-refractivity contribution in [2.24, 2.45) is 0 Å². The summed E-state index contributed by atoms with van der Waals surface area (Å²) in [4.78, 5) is 12.0. The Hall–Kier alpha value is -1.90. The van der Waals surface area contributed by atoms with Gasteiger partial charge in [-0.15, -0.1) is 0 Å². The normalized spacial score (nSPS) is 10.6. The molecule has 2 rings (SSSR count). The number of ketones is 1. The predicted octanol–water partition coefficient (Wildman–Crippen LogP) is 4.50. The van der Waals surface area contributed by atoms with Gasteiger partial charge in [0.1, 0.15) is 0 Å². The minimum Gasteiger partial charge on any atom is -0.450 e. The van der Waals surface area contributed by atoms with Gasteiger partial charge in [-0.3, -0.25) is 4.79 Å². The Kier molecular flexibility index (Phi) is 3.60. The topological polar surface area (TPSA) is 30.2 Å². The minimum atomic E-state index is -0.443. The average molecular weight is 246 g/mol. The van der Waals surface area contributed by atoms with Crippen LogP contribution in [0, 0.1) is 5.82 Å². The average Bonchev–Trinajstić information content (AvgIpc) is 2.81. The van der Waals surface area contributed by atoms with Crippen molar-refractivity contribution in [1.29, 1.82) is 0 Å². The number of carbonyl (C=O) groups is 1. The lowest BCUT2D eigenvalue weighted by Crippen LogP contribution is -1.93. The van der Waals surface area contributed by atoms with Crippen molar-refractivity contribution in [2.75, 3.05) is 0 Å². The number of carbonyl (C=O) groups excluding carboxylic acids is 1. The summed E-state index contributed by atoms with van der Waals surface area (Å²) in [5.41, 5.74) is 1.20. The number of rotatable bonds is 4. The highest BCUT2D eigenvalue weighted by Gasteiger charge is 2.12. The predicted molar refractivity (Wildman–Crippen MR) is 69.2 cm³/mol. The third-order valence-corrected chi connectivity index (χ3v) is 2.98. The van der Waals surface area contributed by atoms with Crippen molar-refractivity contribution in [3.05, 3.63) is 47.5 Å². The third kappa shape index (κ3) is 2.35. The Balaban J connectivity index is 2.40. The Morgan fingerprint density at radius 2 is 2.06 bits per heavy atom. The SMILES string of the molecule is CCC(=CC(=O)c1cc2cccc(F)c2o1)CC. The van der Waals surface area contributed by atoms with Gasteiger partial charge in [0, 0.05) is 5.39 Å². The lowest BCUT2D eigenvalue weighted by atomic mass is 10.1. The molecule has 0 aliphatic carbocycles. The zero-order valence-corrected chi connectivity index (χ0v) is 10.5. The van der Waals surface area contributed by atoms with Crippen LogP contribution in [0.15, 0.2) is 40.3 Å². The first-order valence-electron chi connectivity index (χ1n) is 6.07. The van der Waals surface area contributed by atoms with Crippen LogP contribution in [-0.4, -0.2) is 5.78 Å². The lowest BCUT2D eigenvalue weighted by Gasteiger charge is -1.97. The van der Waals surface area contributed by atoms with Crippen molar-refractivity contribution < 1.29 is 13.6 Å². The van der Waals surface area contributed by atoms with E-state index < -0.39 is 5.82 Å². The molecule has 2 aromatic rings. The minimum absolute atomic E-state index is 0.142. The van der Waals surface area contributed by atoms with E-state index in [4.69, 9.17) is 4.42 Å². The molecule has 0 aliphatic heterocycles. The molecule has 1 heterocycles. The van der Waals surface area contributed by atoms with Gasteiger partial charge in [0.2, 0.25) is 5.78 Å². The largest absolute Gasteiger partial charge is 0.450 e. The van der Waals surface area contributed by atoms with Crippen molar-refractivity contribution in [1.82, 2.24) is 0 Å². The summed E-state index contributed by atoms with van der Waals surface area (Å²) < 4.78 is 18.7. The number of para-hydroxylation sites is 1. The zero-order chi connectivity index (χ0) is 13.1. The van der Waals surface area contributed by atoms with Crippen LogP contribution in [0.1, 0.15) is 37.2 Å². The summed E-state index contributed by atoms with van der Waals surface area (Å²) in [7, 11) is 0. The van der Waals surface area contributed by atoms with Gasteiger partial charge in [-0.1, -0.05) is 31.6 Å². The second kappa shape index (κ2) is 5.17. The molecule has 3 heteroatoms. The van der Waals surface area contributed by atoms with Crippen LogP contribution >= 0.6 is 0 Å². The maximum atomic E-state index is 13.4. The quantitative estimate of drug-likeness (QED) is 0.587. The molecule has 0 amide bonds. The molecule has 0 aliphatic rings. The van der Waals surface area contributed by atoms with E-state index in [-0.39, 0.29) is 17.1 Å². The number of fused-ring (bicyclic) bond motifs is 1. The number of halogens is 1. The second-order valence-corrected chi connectivity index (χ2v) is 4.14. The third-order valence-electron chi connectivity index (χ3n) is 2.98. The van der Waals surface area contributed by atoms with Crippen LogP contribution in [0.2, 0.25) is 0 Å². The van der Waals surface area contributed by atoms with Crippen LogP contribution in [0.3, 0.4) is 0 Å². The lowest BCUT2D eigenvalue weighted by molar-refractivity contribution is 0.102. The maximum absolute atomic E-state index is 13.4. The van der Waals surface area contributed by atoms with Gasteiger partial charge >= 0.3 is 0 Å². The first-order chi connectivity index (χ1) is 8.65. The van der Waals surface area contributed by atoms with E-state index in [1.807, 2.05) is 13.8 Å². The van der Waals surface area contributed by atoms with Gasteiger partial charge in [-0.2, -0.15) is 0 Å². The summed E-state index contributed by atoms with van der Waals surface area (Å²) in [6.45, 7) is 4.00. The summed E-state index contributed by atoms with van der Waals surface area (Å²) in [6, 6.07) is 6.23. The van der Waals surface area contributed by atoms with E-state index in [0.717, 1.165) is 18.4 Å². The molecule has 0 N–H and O–H groups in total. The van der Waals surface area contributed by atoms with Crippen LogP contribution in [0.25, 0.3) is 11.0 Å². The smallest absolute Gasteiger partial charge is 0.220 e. The van der Waals surface area contributed by atoms with Gasteiger partial charge in [0.25, 0.3) is 0 Å². The first-order valence-corrected chi connectivity index (χ1v) is 6.07. The molecule has 2 nitrogen and oxygen atoms in total. The summed E-state index contributed by atoms with van der Waals surface area (Å²) in [5.74, 6) is -0.458.